The molecule has 0 bridgehead atoms. The van der Waals surface area contributed by atoms with E-state index in [-0.39, 0.29) is 23.2 Å². The van der Waals surface area contributed by atoms with Crippen molar-refractivity contribution >= 4 is 51.7 Å². The Balaban J connectivity index is 1.97. The molecule has 1 aliphatic rings. The number of carbonyl (C=O) groups is 1. The van der Waals surface area contributed by atoms with E-state index in [4.69, 9.17) is 21.7 Å². The number of thiocarbonyl (C=S) groups is 1. The maximum absolute atomic E-state index is 12.5. The van der Waals surface area contributed by atoms with Crippen molar-refractivity contribution in [3.63, 3.8) is 0 Å². The SMILES string of the molecule is C=CCN1C(=O)C(=Cc2ccc(OC)c(Oc3ccc([N+](=O)[O-])cc3[N+](=O)[O-])c2)SC1=S. The molecule has 0 aromatic heterocycles. The minimum atomic E-state index is -0.774. The molecule has 10 nitrogen and oxygen atoms in total. The molecule has 0 saturated carbocycles. The fraction of sp³-hybridized carbons (Fsp3) is 0.100. The summed E-state index contributed by atoms with van der Waals surface area (Å²) in [7, 11) is 1.40. The molecule has 1 amide bonds. The van der Waals surface area contributed by atoms with Crippen LogP contribution in [0.15, 0.2) is 54.0 Å². The van der Waals surface area contributed by atoms with Crippen molar-refractivity contribution in [1.82, 2.24) is 4.90 Å². The second-order valence-electron chi connectivity index (χ2n) is 6.26. The van der Waals surface area contributed by atoms with Crippen LogP contribution in [0.4, 0.5) is 11.4 Å². The Kier molecular flexibility index (Phi) is 6.85. The van der Waals surface area contributed by atoms with Gasteiger partial charge in [-0.15, -0.1) is 6.58 Å². The van der Waals surface area contributed by atoms with Crippen LogP contribution in [0, 0.1) is 20.2 Å². The Hall–Kier alpha value is -3.77. The lowest BCUT2D eigenvalue weighted by Gasteiger charge is -2.12. The summed E-state index contributed by atoms with van der Waals surface area (Å²) >= 11 is 6.36. The van der Waals surface area contributed by atoms with Crippen LogP contribution in [-0.2, 0) is 4.79 Å². The molecule has 0 atom stereocenters. The fourth-order valence-electron chi connectivity index (χ4n) is 2.77. The lowest BCUT2D eigenvalue weighted by molar-refractivity contribution is -0.394. The molecular weight excluding hydrogens is 458 g/mol. The molecule has 1 saturated heterocycles. The molecule has 3 rings (SSSR count). The quantitative estimate of drug-likeness (QED) is 0.176. The molecule has 32 heavy (non-hydrogen) atoms. The van der Waals surface area contributed by atoms with Crippen molar-refractivity contribution in [2.45, 2.75) is 0 Å². The summed E-state index contributed by atoms with van der Waals surface area (Å²) in [5.74, 6) is -0.0636. The van der Waals surface area contributed by atoms with E-state index in [0.717, 1.165) is 30.0 Å². The fourth-order valence-corrected chi connectivity index (χ4v) is 4.04. The number of nitro groups is 2. The number of thioether (sulfide) groups is 1. The van der Waals surface area contributed by atoms with E-state index in [0.29, 0.717) is 21.3 Å². The number of rotatable bonds is 8. The number of hydrogen-bond acceptors (Lipinski definition) is 9. The number of hydrogen-bond donors (Lipinski definition) is 0. The first-order valence-electron chi connectivity index (χ1n) is 8.90. The highest BCUT2D eigenvalue weighted by molar-refractivity contribution is 8.26. The van der Waals surface area contributed by atoms with Crippen LogP contribution in [0.5, 0.6) is 17.2 Å². The van der Waals surface area contributed by atoms with Crippen molar-refractivity contribution in [2.24, 2.45) is 0 Å². The largest absolute Gasteiger partial charge is 0.493 e. The highest BCUT2D eigenvalue weighted by Gasteiger charge is 2.31. The summed E-state index contributed by atoms with van der Waals surface area (Å²) in [6, 6.07) is 7.84. The summed E-state index contributed by atoms with van der Waals surface area (Å²) in [4.78, 5) is 35.2. The second-order valence-corrected chi connectivity index (χ2v) is 7.94. The first kappa shape index (κ1) is 22.9. The molecule has 12 heteroatoms. The monoisotopic (exact) mass is 473 g/mol. The number of methoxy groups -OCH3 is 1. The van der Waals surface area contributed by atoms with Gasteiger partial charge in [0.15, 0.2) is 11.5 Å². The van der Waals surface area contributed by atoms with Crippen molar-refractivity contribution in [3.8, 4) is 17.2 Å². The zero-order chi connectivity index (χ0) is 23.4. The Bertz CT molecular complexity index is 1180. The zero-order valence-corrected chi connectivity index (χ0v) is 18.2. The molecule has 0 aliphatic carbocycles. The lowest BCUT2D eigenvalue weighted by atomic mass is 10.1. The maximum atomic E-state index is 12.5. The third-order valence-corrected chi connectivity index (χ3v) is 5.62. The van der Waals surface area contributed by atoms with Gasteiger partial charge in [-0.25, -0.2) is 0 Å². The Labute approximate surface area is 191 Å². The average molecular weight is 473 g/mol. The Morgan fingerprint density at radius 3 is 2.47 bits per heavy atom. The van der Waals surface area contributed by atoms with Gasteiger partial charge in [-0.2, -0.15) is 0 Å². The number of benzene rings is 2. The molecular formula is C20H15N3O7S2. The van der Waals surface area contributed by atoms with Gasteiger partial charge < -0.3 is 9.47 Å². The van der Waals surface area contributed by atoms with Gasteiger partial charge in [0, 0.05) is 12.6 Å². The van der Waals surface area contributed by atoms with Crippen molar-refractivity contribution in [1.29, 1.82) is 0 Å². The summed E-state index contributed by atoms with van der Waals surface area (Å²) < 4.78 is 11.3. The first-order valence-corrected chi connectivity index (χ1v) is 10.1. The Morgan fingerprint density at radius 2 is 1.84 bits per heavy atom. The van der Waals surface area contributed by atoms with E-state index in [1.165, 1.54) is 18.1 Å². The van der Waals surface area contributed by atoms with Crippen LogP contribution in [0.2, 0.25) is 0 Å². The summed E-state index contributed by atoms with van der Waals surface area (Å²) in [6.07, 6.45) is 3.18. The van der Waals surface area contributed by atoms with E-state index < -0.39 is 21.2 Å². The first-order chi connectivity index (χ1) is 15.2. The second kappa shape index (κ2) is 9.58. The van der Waals surface area contributed by atoms with E-state index >= 15 is 0 Å². The van der Waals surface area contributed by atoms with Gasteiger partial charge in [-0.05, 0) is 29.8 Å². The van der Waals surface area contributed by atoms with E-state index in [2.05, 4.69) is 6.58 Å². The highest BCUT2D eigenvalue weighted by Crippen LogP contribution is 2.39. The molecule has 0 unspecified atom stereocenters. The third kappa shape index (κ3) is 4.76. The van der Waals surface area contributed by atoms with Crippen molar-refractivity contribution in [3.05, 3.63) is 79.8 Å². The summed E-state index contributed by atoms with van der Waals surface area (Å²) in [5, 5.41) is 22.3. The molecule has 2 aromatic carbocycles. The third-order valence-electron chi connectivity index (χ3n) is 4.24. The molecule has 0 N–H and O–H groups in total. The topological polar surface area (TPSA) is 125 Å². The number of ether oxygens (including phenoxy) is 2. The van der Waals surface area contributed by atoms with Crippen LogP contribution in [0.25, 0.3) is 6.08 Å². The van der Waals surface area contributed by atoms with Crippen molar-refractivity contribution < 1.29 is 24.1 Å². The van der Waals surface area contributed by atoms with Gasteiger partial charge in [-0.1, -0.05) is 36.1 Å². The van der Waals surface area contributed by atoms with Gasteiger partial charge >= 0.3 is 5.69 Å². The van der Waals surface area contributed by atoms with Crippen LogP contribution in [0.3, 0.4) is 0 Å². The van der Waals surface area contributed by atoms with Gasteiger partial charge in [0.2, 0.25) is 5.75 Å². The lowest BCUT2D eigenvalue weighted by Crippen LogP contribution is -2.27. The van der Waals surface area contributed by atoms with Crippen LogP contribution >= 0.6 is 24.0 Å². The van der Waals surface area contributed by atoms with Gasteiger partial charge in [0.1, 0.15) is 4.32 Å². The number of non-ortho nitro benzene ring substituents is 1. The molecule has 164 valence electrons. The Morgan fingerprint density at radius 1 is 1.12 bits per heavy atom. The maximum Gasteiger partial charge on any atom is 0.318 e. The molecule has 1 heterocycles. The van der Waals surface area contributed by atoms with Gasteiger partial charge in [0.25, 0.3) is 11.6 Å². The molecule has 0 radical (unpaired) electrons. The molecule has 2 aromatic rings. The number of amides is 1. The average Bonchev–Trinajstić information content (AvgIpc) is 3.01. The molecule has 1 fully saturated rings. The van der Waals surface area contributed by atoms with Crippen LogP contribution < -0.4 is 9.47 Å². The number of nitrogens with zero attached hydrogens (tertiary/aromatic N) is 3. The van der Waals surface area contributed by atoms with Gasteiger partial charge in [0.05, 0.1) is 27.9 Å². The molecule has 0 spiro atoms. The van der Waals surface area contributed by atoms with E-state index in [1.54, 1.807) is 24.3 Å². The van der Waals surface area contributed by atoms with E-state index in [9.17, 15) is 25.0 Å². The van der Waals surface area contributed by atoms with Crippen molar-refractivity contribution in [2.75, 3.05) is 13.7 Å². The normalized spacial score (nSPS) is 14.5. The summed E-state index contributed by atoms with van der Waals surface area (Å²) in [5.41, 5.74) is -0.451. The van der Waals surface area contributed by atoms with Crippen LogP contribution in [-0.4, -0.2) is 38.6 Å². The zero-order valence-electron chi connectivity index (χ0n) is 16.5. The predicted molar refractivity (Wildman–Crippen MR) is 123 cm³/mol. The van der Waals surface area contributed by atoms with E-state index in [1.807, 2.05) is 0 Å². The smallest absolute Gasteiger partial charge is 0.318 e. The molecule has 1 aliphatic heterocycles. The summed E-state index contributed by atoms with van der Waals surface area (Å²) in [6.45, 7) is 3.90. The van der Waals surface area contributed by atoms with Crippen LogP contribution in [0.1, 0.15) is 5.56 Å². The number of nitro benzene ring substituents is 2. The standard InChI is InChI=1S/C20H15N3O7S2/c1-3-8-21-19(24)18(32-20(21)31)10-12-4-6-16(29-2)17(9-12)30-15-7-5-13(22(25)26)11-14(15)23(27)28/h3-7,9-11H,1,8H2,2H3. The number of carbonyl (C=O) groups excluding carboxylic acids is 1. The minimum absolute atomic E-state index is 0.125. The van der Waals surface area contributed by atoms with Gasteiger partial charge in [-0.3, -0.25) is 29.9 Å². The highest BCUT2D eigenvalue weighted by atomic mass is 32.2. The minimum Gasteiger partial charge on any atom is -0.493 e. The predicted octanol–water partition coefficient (Wildman–Crippen LogP) is 4.69.